The van der Waals surface area contributed by atoms with Crippen LogP contribution in [0.4, 0.5) is 4.39 Å². The quantitative estimate of drug-likeness (QED) is 0.873. The molecule has 1 aromatic carbocycles. The number of carbonyl (C=O) groups is 1. The van der Waals surface area contributed by atoms with Crippen LogP contribution >= 0.6 is 28.3 Å². The minimum atomic E-state index is -0.493. The maximum atomic E-state index is 12.8. The average molecular weight is 313 g/mol. The van der Waals surface area contributed by atoms with Gasteiger partial charge in [0.05, 0.1) is 13.5 Å². The van der Waals surface area contributed by atoms with Gasteiger partial charge in [-0.2, -0.15) is 0 Å². The molecule has 1 atom stereocenters. The number of carbonyl (C=O) groups excluding carboxylic acids is 1. The van der Waals surface area contributed by atoms with Gasteiger partial charge in [0, 0.05) is 10.5 Å². The Morgan fingerprint density at radius 2 is 2.25 bits per heavy atom. The fraction of sp³-hybridized carbons (Fsp3) is 0.300. The molecular formula is C10H12BrClFNO2. The minimum Gasteiger partial charge on any atom is -0.469 e. The highest BCUT2D eigenvalue weighted by Gasteiger charge is 2.14. The fourth-order valence-corrected chi connectivity index (χ4v) is 1.82. The van der Waals surface area contributed by atoms with Crippen LogP contribution in [0.15, 0.2) is 22.7 Å². The Bertz CT molecular complexity index is 376. The van der Waals surface area contributed by atoms with E-state index in [1.807, 2.05) is 0 Å². The van der Waals surface area contributed by atoms with Gasteiger partial charge in [-0.3, -0.25) is 4.79 Å². The van der Waals surface area contributed by atoms with Crippen molar-refractivity contribution >= 4 is 34.3 Å². The molecule has 0 spiro atoms. The second-order valence-electron chi connectivity index (χ2n) is 3.05. The molecule has 0 aliphatic heterocycles. The van der Waals surface area contributed by atoms with Crippen molar-refractivity contribution in [2.75, 3.05) is 7.11 Å². The summed E-state index contributed by atoms with van der Waals surface area (Å²) in [7, 11) is 1.30. The van der Waals surface area contributed by atoms with E-state index in [-0.39, 0.29) is 24.6 Å². The molecule has 0 bridgehead atoms. The normalized spacial score (nSPS) is 11.5. The average Bonchev–Trinajstić information content (AvgIpc) is 2.17. The van der Waals surface area contributed by atoms with Crippen LogP contribution in [0.25, 0.3) is 0 Å². The SMILES string of the molecule is COC(=O)C[C@@H](N)c1ccc(F)cc1Br.Cl. The van der Waals surface area contributed by atoms with Crippen molar-refractivity contribution in [2.45, 2.75) is 12.5 Å². The summed E-state index contributed by atoms with van der Waals surface area (Å²) in [5.74, 6) is -0.741. The van der Waals surface area contributed by atoms with Crippen LogP contribution in [0.3, 0.4) is 0 Å². The summed E-state index contributed by atoms with van der Waals surface area (Å²) < 4.78 is 17.8. The number of halogens is 3. The summed E-state index contributed by atoms with van der Waals surface area (Å²) in [4.78, 5) is 11.0. The van der Waals surface area contributed by atoms with Crippen molar-refractivity contribution in [3.63, 3.8) is 0 Å². The molecule has 0 amide bonds. The highest BCUT2D eigenvalue weighted by atomic mass is 79.9. The fourth-order valence-electron chi connectivity index (χ4n) is 1.18. The number of esters is 1. The molecule has 0 heterocycles. The van der Waals surface area contributed by atoms with Crippen molar-refractivity contribution in [2.24, 2.45) is 5.73 Å². The first kappa shape index (κ1) is 15.3. The van der Waals surface area contributed by atoms with E-state index in [4.69, 9.17) is 5.73 Å². The minimum absolute atomic E-state index is 0. The van der Waals surface area contributed by atoms with Crippen molar-refractivity contribution in [3.05, 3.63) is 34.1 Å². The molecular weight excluding hydrogens is 300 g/mol. The van der Waals surface area contributed by atoms with Crippen molar-refractivity contribution in [1.29, 1.82) is 0 Å². The van der Waals surface area contributed by atoms with E-state index in [1.54, 1.807) is 6.07 Å². The predicted molar refractivity (Wildman–Crippen MR) is 64.9 cm³/mol. The predicted octanol–water partition coefficient (Wildman–Crippen LogP) is 2.57. The molecule has 90 valence electrons. The molecule has 6 heteroatoms. The second kappa shape index (κ2) is 6.83. The molecule has 0 aliphatic carbocycles. The number of hydrogen-bond donors (Lipinski definition) is 1. The number of ether oxygens (including phenoxy) is 1. The van der Waals surface area contributed by atoms with Gasteiger partial charge in [0.25, 0.3) is 0 Å². The van der Waals surface area contributed by atoms with E-state index in [2.05, 4.69) is 20.7 Å². The van der Waals surface area contributed by atoms with E-state index in [0.29, 0.717) is 10.0 Å². The van der Waals surface area contributed by atoms with Crippen LogP contribution in [-0.2, 0) is 9.53 Å². The third-order valence-corrected chi connectivity index (χ3v) is 2.66. The van der Waals surface area contributed by atoms with Crippen LogP contribution in [0.5, 0.6) is 0 Å². The Morgan fingerprint density at radius 1 is 1.62 bits per heavy atom. The lowest BCUT2D eigenvalue weighted by atomic mass is 10.1. The van der Waals surface area contributed by atoms with Crippen molar-refractivity contribution in [3.8, 4) is 0 Å². The third-order valence-electron chi connectivity index (χ3n) is 1.98. The molecule has 3 nitrogen and oxygen atoms in total. The number of hydrogen-bond acceptors (Lipinski definition) is 3. The molecule has 0 aliphatic rings. The van der Waals surface area contributed by atoms with Gasteiger partial charge in [0.2, 0.25) is 0 Å². The Morgan fingerprint density at radius 3 is 2.75 bits per heavy atom. The van der Waals surface area contributed by atoms with E-state index >= 15 is 0 Å². The zero-order chi connectivity index (χ0) is 11.4. The first-order valence-electron chi connectivity index (χ1n) is 4.32. The molecule has 16 heavy (non-hydrogen) atoms. The molecule has 0 fully saturated rings. The summed E-state index contributed by atoms with van der Waals surface area (Å²) in [6, 6.07) is 3.67. The standard InChI is InChI=1S/C10H11BrFNO2.ClH/c1-15-10(14)5-9(13)7-3-2-6(12)4-8(7)11;/h2-4,9H,5,13H2,1H3;1H/t9-;/m1./s1. The highest BCUT2D eigenvalue weighted by Crippen LogP contribution is 2.24. The molecule has 0 saturated carbocycles. The van der Waals surface area contributed by atoms with E-state index in [1.165, 1.54) is 19.2 Å². The smallest absolute Gasteiger partial charge is 0.307 e. The van der Waals surface area contributed by atoms with Crippen molar-refractivity contribution < 1.29 is 13.9 Å². The molecule has 1 rings (SSSR count). The lowest BCUT2D eigenvalue weighted by molar-refractivity contribution is -0.141. The Labute approximate surface area is 108 Å². The van der Waals surface area contributed by atoms with Crippen LogP contribution in [-0.4, -0.2) is 13.1 Å². The molecule has 1 aromatic rings. The number of rotatable bonds is 3. The summed E-state index contributed by atoms with van der Waals surface area (Å²) in [6.45, 7) is 0. The first-order chi connectivity index (χ1) is 7.04. The summed E-state index contributed by atoms with van der Waals surface area (Å²) in [5.41, 5.74) is 6.45. The third kappa shape index (κ3) is 4.08. The van der Waals surface area contributed by atoms with Crippen LogP contribution in [0.2, 0.25) is 0 Å². The second-order valence-corrected chi connectivity index (χ2v) is 3.91. The van der Waals surface area contributed by atoms with Crippen molar-refractivity contribution in [1.82, 2.24) is 0 Å². The maximum absolute atomic E-state index is 12.8. The maximum Gasteiger partial charge on any atom is 0.307 e. The van der Waals surface area contributed by atoms with E-state index < -0.39 is 12.0 Å². The Balaban J connectivity index is 0.00000225. The van der Waals surface area contributed by atoms with Gasteiger partial charge in [-0.1, -0.05) is 22.0 Å². The first-order valence-corrected chi connectivity index (χ1v) is 5.11. The molecule has 0 saturated heterocycles. The van der Waals surface area contributed by atoms with Crippen LogP contribution < -0.4 is 5.73 Å². The Hall–Kier alpha value is -0.650. The Kier molecular flexibility index (Phi) is 6.55. The number of nitrogens with two attached hydrogens (primary N) is 1. The topological polar surface area (TPSA) is 52.3 Å². The van der Waals surface area contributed by atoms with Gasteiger partial charge in [0.1, 0.15) is 5.82 Å². The summed E-state index contributed by atoms with van der Waals surface area (Å²) in [5, 5.41) is 0. The number of benzene rings is 1. The van der Waals surface area contributed by atoms with Gasteiger partial charge in [-0.15, -0.1) is 12.4 Å². The molecule has 0 radical (unpaired) electrons. The summed E-state index contributed by atoms with van der Waals surface area (Å²) >= 11 is 3.19. The zero-order valence-corrected chi connectivity index (χ0v) is 11.0. The zero-order valence-electron chi connectivity index (χ0n) is 8.57. The van der Waals surface area contributed by atoms with Crippen LogP contribution in [0.1, 0.15) is 18.0 Å². The highest BCUT2D eigenvalue weighted by molar-refractivity contribution is 9.10. The number of methoxy groups -OCH3 is 1. The monoisotopic (exact) mass is 311 g/mol. The van der Waals surface area contributed by atoms with Gasteiger partial charge in [-0.25, -0.2) is 4.39 Å². The van der Waals surface area contributed by atoms with Crippen LogP contribution in [0, 0.1) is 5.82 Å². The van der Waals surface area contributed by atoms with Gasteiger partial charge in [-0.05, 0) is 17.7 Å². The van der Waals surface area contributed by atoms with Gasteiger partial charge in [0.15, 0.2) is 0 Å². The largest absolute Gasteiger partial charge is 0.469 e. The lowest BCUT2D eigenvalue weighted by Gasteiger charge is -2.12. The van der Waals surface area contributed by atoms with E-state index in [0.717, 1.165) is 0 Å². The van der Waals surface area contributed by atoms with Gasteiger partial charge >= 0.3 is 5.97 Å². The lowest BCUT2D eigenvalue weighted by Crippen LogP contribution is -2.16. The van der Waals surface area contributed by atoms with E-state index in [9.17, 15) is 9.18 Å². The van der Waals surface area contributed by atoms with Gasteiger partial charge < -0.3 is 10.5 Å². The molecule has 2 N–H and O–H groups in total. The molecule has 0 aromatic heterocycles. The summed E-state index contributed by atoms with van der Waals surface area (Å²) in [6.07, 6.45) is 0.0702. The molecule has 0 unspecified atom stereocenters.